The Labute approximate surface area is 115 Å². The second kappa shape index (κ2) is 7.32. The van der Waals surface area contributed by atoms with Crippen LogP contribution in [0.1, 0.15) is 13.3 Å². The molecule has 1 unspecified atom stereocenters. The zero-order valence-electron chi connectivity index (χ0n) is 11.3. The van der Waals surface area contributed by atoms with Gasteiger partial charge in [-0.2, -0.15) is 0 Å². The Morgan fingerprint density at radius 3 is 2.70 bits per heavy atom. The number of hydrogen-bond acceptors (Lipinski definition) is 3. The maximum Gasteiger partial charge on any atom is 0.319 e. The monoisotopic (exact) mass is 284 g/mol. The van der Waals surface area contributed by atoms with Gasteiger partial charge in [0.05, 0.1) is 7.11 Å². The fraction of sp³-hybridized carbons (Fsp3) is 0.385. The Morgan fingerprint density at radius 1 is 1.45 bits per heavy atom. The van der Waals surface area contributed by atoms with Crippen LogP contribution in [-0.2, 0) is 4.79 Å². The van der Waals surface area contributed by atoms with Crippen LogP contribution < -0.4 is 15.4 Å². The lowest BCUT2D eigenvalue weighted by molar-refractivity contribution is -0.137. The highest BCUT2D eigenvalue weighted by atomic mass is 19.1. The van der Waals surface area contributed by atoms with Crippen molar-refractivity contribution in [3.8, 4) is 5.75 Å². The van der Waals surface area contributed by atoms with E-state index < -0.39 is 17.8 Å². The van der Waals surface area contributed by atoms with Crippen molar-refractivity contribution in [2.45, 2.75) is 13.3 Å². The molecule has 0 fully saturated rings. The van der Waals surface area contributed by atoms with Crippen molar-refractivity contribution in [2.75, 3.05) is 19.0 Å². The molecule has 1 rings (SSSR count). The maximum atomic E-state index is 13.4. The number of rotatable bonds is 6. The van der Waals surface area contributed by atoms with Crippen molar-refractivity contribution in [2.24, 2.45) is 5.92 Å². The van der Waals surface area contributed by atoms with Crippen molar-refractivity contribution in [1.82, 2.24) is 5.32 Å². The quantitative estimate of drug-likeness (QED) is 0.746. The van der Waals surface area contributed by atoms with E-state index in [2.05, 4.69) is 10.6 Å². The van der Waals surface area contributed by atoms with E-state index in [1.165, 1.54) is 19.2 Å². The molecule has 0 aliphatic heterocycles. The SMILES string of the molecule is COc1ccc(NC(=O)NCC(C)CC(=O)O)cc1F. The summed E-state index contributed by atoms with van der Waals surface area (Å²) in [5.41, 5.74) is 0.284. The first-order valence-corrected chi connectivity index (χ1v) is 6.02. The number of carboxylic acids is 1. The number of carbonyl (C=O) groups is 2. The molecule has 110 valence electrons. The van der Waals surface area contributed by atoms with Crippen LogP contribution in [-0.4, -0.2) is 30.8 Å². The summed E-state index contributed by atoms with van der Waals surface area (Å²) in [6, 6.07) is 3.52. The van der Waals surface area contributed by atoms with Crippen LogP contribution in [0.25, 0.3) is 0 Å². The van der Waals surface area contributed by atoms with Gasteiger partial charge in [-0.05, 0) is 18.1 Å². The topological polar surface area (TPSA) is 87.7 Å². The van der Waals surface area contributed by atoms with Crippen molar-refractivity contribution < 1.29 is 23.8 Å². The van der Waals surface area contributed by atoms with Gasteiger partial charge < -0.3 is 20.5 Å². The number of amides is 2. The van der Waals surface area contributed by atoms with E-state index in [0.29, 0.717) is 0 Å². The molecule has 20 heavy (non-hydrogen) atoms. The van der Waals surface area contributed by atoms with E-state index in [9.17, 15) is 14.0 Å². The first kappa shape index (κ1) is 15.7. The number of aliphatic carboxylic acids is 1. The second-order valence-electron chi connectivity index (χ2n) is 4.39. The number of nitrogens with one attached hydrogen (secondary N) is 2. The van der Waals surface area contributed by atoms with E-state index in [-0.39, 0.29) is 30.3 Å². The third kappa shape index (κ3) is 5.13. The molecule has 0 aromatic heterocycles. The molecule has 0 aliphatic rings. The van der Waals surface area contributed by atoms with Crippen LogP contribution in [0.5, 0.6) is 5.75 Å². The number of halogens is 1. The number of methoxy groups -OCH3 is 1. The Hall–Kier alpha value is -2.31. The Balaban J connectivity index is 2.46. The Morgan fingerprint density at radius 2 is 2.15 bits per heavy atom. The molecule has 2 amide bonds. The standard InChI is InChI=1S/C13H17FN2O4/c1-8(5-12(17)18)7-15-13(19)16-9-3-4-11(20-2)10(14)6-9/h3-4,6,8H,5,7H2,1-2H3,(H,17,18)(H2,15,16,19). The van der Waals surface area contributed by atoms with Gasteiger partial charge in [-0.3, -0.25) is 4.79 Å². The first-order valence-electron chi connectivity index (χ1n) is 6.02. The van der Waals surface area contributed by atoms with E-state index in [4.69, 9.17) is 9.84 Å². The molecular weight excluding hydrogens is 267 g/mol. The molecule has 6 nitrogen and oxygen atoms in total. The maximum absolute atomic E-state index is 13.4. The molecule has 0 aliphatic carbocycles. The summed E-state index contributed by atoms with van der Waals surface area (Å²) in [6.45, 7) is 1.93. The average Bonchev–Trinajstić information content (AvgIpc) is 2.36. The van der Waals surface area contributed by atoms with Crippen LogP contribution in [0.2, 0.25) is 0 Å². The number of hydrogen-bond donors (Lipinski definition) is 3. The zero-order valence-corrected chi connectivity index (χ0v) is 11.3. The summed E-state index contributed by atoms with van der Waals surface area (Å²) in [6.07, 6.45) is -0.0303. The fourth-order valence-electron chi connectivity index (χ4n) is 1.56. The van der Waals surface area contributed by atoms with E-state index >= 15 is 0 Å². The lowest BCUT2D eigenvalue weighted by Gasteiger charge is -2.12. The van der Waals surface area contributed by atoms with Gasteiger partial charge >= 0.3 is 12.0 Å². The van der Waals surface area contributed by atoms with Gasteiger partial charge in [0.1, 0.15) is 0 Å². The smallest absolute Gasteiger partial charge is 0.319 e. The minimum absolute atomic E-state index is 0.0303. The van der Waals surface area contributed by atoms with Crippen LogP contribution in [0, 0.1) is 11.7 Å². The highest BCUT2D eigenvalue weighted by Gasteiger charge is 2.10. The molecule has 3 N–H and O–H groups in total. The number of urea groups is 1. The van der Waals surface area contributed by atoms with Crippen LogP contribution in [0.3, 0.4) is 0 Å². The molecule has 0 saturated carbocycles. The van der Waals surface area contributed by atoms with Crippen molar-refractivity contribution in [3.63, 3.8) is 0 Å². The largest absolute Gasteiger partial charge is 0.494 e. The third-order valence-corrected chi connectivity index (χ3v) is 2.54. The van der Waals surface area contributed by atoms with Gasteiger partial charge in [-0.1, -0.05) is 6.92 Å². The molecular formula is C13H17FN2O4. The van der Waals surface area contributed by atoms with Gasteiger partial charge in [-0.15, -0.1) is 0 Å². The summed E-state index contributed by atoms with van der Waals surface area (Å²) in [5, 5.41) is 13.5. The minimum Gasteiger partial charge on any atom is -0.494 e. The number of anilines is 1. The second-order valence-corrected chi connectivity index (χ2v) is 4.39. The molecule has 1 atom stereocenters. The first-order chi connectivity index (χ1) is 9.42. The van der Waals surface area contributed by atoms with Gasteiger partial charge in [0, 0.05) is 24.7 Å². The molecule has 1 aromatic rings. The predicted octanol–water partition coefficient (Wildman–Crippen LogP) is 2.07. The molecule has 0 saturated heterocycles. The van der Waals surface area contributed by atoms with Gasteiger partial charge in [0.2, 0.25) is 0 Å². The fourth-order valence-corrected chi connectivity index (χ4v) is 1.56. The van der Waals surface area contributed by atoms with Gasteiger partial charge in [0.15, 0.2) is 11.6 Å². The molecule has 0 spiro atoms. The van der Waals surface area contributed by atoms with E-state index in [0.717, 1.165) is 6.07 Å². The van der Waals surface area contributed by atoms with Crippen LogP contribution in [0.15, 0.2) is 18.2 Å². The summed E-state index contributed by atoms with van der Waals surface area (Å²) >= 11 is 0. The van der Waals surface area contributed by atoms with E-state index in [1.54, 1.807) is 6.92 Å². The number of carboxylic acid groups (broad SMARTS) is 1. The van der Waals surface area contributed by atoms with E-state index in [1.807, 2.05) is 0 Å². The summed E-state index contributed by atoms with van der Waals surface area (Å²) in [7, 11) is 1.35. The summed E-state index contributed by atoms with van der Waals surface area (Å²) in [5.74, 6) is -1.60. The molecule has 0 heterocycles. The number of benzene rings is 1. The molecule has 7 heteroatoms. The summed E-state index contributed by atoms with van der Waals surface area (Å²) in [4.78, 5) is 22.0. The van der Waals surface area contributed by atoms with Crippen LogP contribution >= 0.6 is 0 Å². The summed E-state index contributed by atoms with van der Waals surface area (Å²) < 4.78 is 18.2. The normalized spacial score (nSPS) is 11.6. The third-order valence-electron chi connectivity index (χ3n) is 2.54. The predicted molar refractivity (Wildman–Crippen MR) is 71.4 cm³/mol. The van der Waals surface area contributed by atoms with Crippen molar-refractivity contribution >= 4 is 17.7 Å². The molecule has 1 aromatic carbocycles. The number of carbonyl (C=O) groups excluding carboxylic acids is 1. The van der Waals surface area contributed by atoms with Gasteiger partial charge in [0.25, 0.3) is 0 Å². The molecule has 0 bridgehead atoms. The highest BCUT2D eigenvalue weighted by molar-refractivity contribution is 5.89. The number of ether oxygens (including phenoxy) is 1. The van der Waals surface area contributed by atoms with Gasteiger partial charge in [-0.25, -0.2) is 9.18 Å². The Kier molecular flexibility index (Phi) is 5.76. The lowest BCUT2D eigenvalue weighted by atomic mass is 10.1. The Bertz CT molecular complexity index is 493. The van der Waals surface area contributed by atoms with Crippen molar-refractivity contribution in [1.29, 1.82) is 0 Å². The minimum atomic E-state index is -0.920. The highest BCUT2D eigenvalue weighted by Crippen LogP contribution is 2.20. The average molecular weight is 284 g/mol. The molecule has 0 radical (unpaired) electrons. The zero-order chi connectivity index (χ0) is 15.1. The van der Waals surface area contributed by atoms with Crippen molar-refractivity contribution in [3.05, 3.63) is 24.0 Å². The lowest BCUT2D eigenvalue weighted by Crippen LogP contribution is -2.33. The van der Waals surface area contributed by atoms with Crippen LogP contribution in [0.4, 0.5) is 14.9 Å².